The molecular formula is C22H24N4O4S2. The van der Waals surface area contributed by atoms with E-state index in [1.165, 1.54) is 15.2 Å². The Balaban J connectivity index is 1.35. The Morgan fingerprint density at radius 3 is 2.94 bits per heavy atom. The third kappa shape index (κ3) is 3.98. The monoisotopic (exact) mass is 472 g/mol. The molecule has 0 radical (unpaired) electrons. The molecule has 2 aliphatic rings. The van der Waals surface area contributed by atoms with Gasteiger partial charge < -0.3 is 9.42 Å². The number of hydrogen-bond donors (Lipinski definition) is 0. The minimum Gasteiger partial charge on any atom is -0.339 e. The van der Waals surface area contributed by atoms with Crippen LogP contribution in [-0.2, 0) is 23.0 Å². The molecule has 8 nitrogen and oxygen atoms in total. The first kappa shape index (κ1) is 21.3. The van der Waals surface area contributed by atoms with Crippen molar-refractivity contribution in [2.24, 2.45) is 0 Å². The average Bonchev–Trinajstić information content (AvgIpc) is 3.47. The Morgan fingerprint density at radius 2 is 2.12 bits per heavy atom. The molecular weight excluding hydrogens is 448 g/mol. The largest absolute Gasteiger partial charge is 0.339 e. The van der Waals surface area contributed by atoms with Gasteiger partial charge in [-0.15, -0.1) is 11.3 Å². The SMILES string of the molecule is Cc1noc(C2CCCN(C(=O)c3cccc(S(=O)(=O)N4CCc5sccc5C4)c3)C2)n1. The molecule has 0 aliphatic carbocycles. The van der Waals surface area contributed by atoms with Gasteiger partial charge in [0.15, 0.2) is 5.82 Å². The number of likely N-dealkylation sites (tertiary alicyclic amines) is 1. The summed E-state index contributed by atoms with van der Waals surface area (Å²) in [4.78, 5) is 20.7. The fourth-order valence-electron chi connectivity index (χ4n) is 4.39. The number of hydrogen-bond acceptors (Lipinski definition) is 7. The van der Waals surface area contributed by atoms with E-state index >= 15 is 0 Å². The number of thiophene rings is 1. The molecule has 4 heterocycles. The normalized spacial score (nSPS) is 19.7. The highest BCUT2D eigenvalue weighted by Crippen LogP contribution is 2.30. The van der Waals surface area contributed by atoms with Crippen LogP contribution in [-0.4, -0.2) is 53.3 Å². The van der Waals surface area contributed by atoms with E-state index in [-0.39, 0.29) is 16.7 Å². The van der Waals surface area contributed by atoms with Gasteiger partial charge in [0.1, 0.15) is 0 Å². The second-order valence-corrected chi connectivity index (χ2v) is 11.2. The molecule has 1 amide bonds. The number of benzene rings is 1. The van der Waals surface area contributed by atoms with Crippen LogP contribution < -0.4 is 0 Å². The number of amides is 1. The van der Waals surface area contributed by atoms with E-state index in [0.29, 0.717) is 43.5 Å². The zero-order valence-corrected chi connectivity index (χ0v) is 19.4. The van der Waals surface area contributed by atoms with Crippen molar-refractivity contribution in [3.8, 4) is 0 Å². The van der Waals surface area contributed by atoms with Gasteiger partial charge in [-0.05, 0) is 61.4 Å². The van der Waals surface area contributed by atoms with Gasteiger partial charge in [-0.2, -0.15) is 9.29 Å². The van der Waals surface area contributed by atoms with Crippen LogP contribution in [0.2, 0.25) is 0 Å². The number of carbonyl (C=O) groups excluding carboxylic acids is 1. The van der Waals surface area contributed by atoms with E-state index in [1.807, 2.05) is 11.4 Å². The average molecular weight is 473 g/mol. The highest BCUT2D eigenvalue weighted by Gasteiger charge is 2.31. The molecule has 1 unspecified atom stereocenters. The number of carbonyl (C=O) groups is 1. The summed E-state index contributed by atoms with van der Waals surface area (Å²) in [5.74, 6) is 0.943. The van der Waals surface area contributed by atoms with Crippen LogP contribution in [0.1, 0.15) is 51.3 Å². The van der Waals surface area contributed by atoms with Crippen molar-refractivity contribution in [3.05, 3.63) is 63.4 Å². The van der Waals surface area contributed by atoms with Crippen molar-refractivity contribution in [3.63, 3.8) is 0 Å². The summed E-state index contributed by atoms with van der Waals surface area (Å²) in [6, 6.07) is 8.37. The lowest BCUT2D eigenvalue weighted by molar-refractivity contribution is 0.0695. The van der Waals surface area contributed by atoms with Crippen molar-refractivity contribution >= 4 is 27.3 Å². The smallest absolute Gasteiger partial charge is 0.253 e. The Labute approximate surface area is 190 Å². The maximum absolute atomic E-state index is 13.3. The van der Waals surface area contributed by atoms with E-state index in [1.54, 1.807) is 41.4 Å². The first-order chi connectivity index (χ1) is 15.4. The number of fused-ring (bicyclic) bond motifs is 1. The van der Waals surface area contributed by atoms with Crippen LogP contribution in [0, 0.1) is 6.92 Å². The Hall–Kier alpha value is -2.56. The quantitative estimate of drug-likeness (QED) is 0.579. The number of nitrogens with zero attached hydrogens (tertiary/aromatic N) is 4. The van der Waals surface area contributed by atoms with Gasteiger partial charge in [-0.25, -0.2) is 8.42 Å². The van der Waals surface area contributed by atoms with Gasteiger partial charge in [0.25, 0.3) is 5.91 Å². The number of piperidine rings is 1. The van der Waals surface area contributed by atoms with Crippen LogP contribution in [0.25, 0.3) is 0 Å². The fraction of sp³-hybridized carbons (Fsp3) is 0.409. The molecule has 0 bridgehead atoms. The summed E-state index contributed by atoms with van der Waals surface area (Å²) in [5, 5.41) is 5.85. The molecule has 0 spiro atoms. The lowest BCUT2D eigenvalue weighted by Crippen LogP contribution is -2.39. The zero-order valence-electron chi connectivity index (χ0n) is 17.7. The molecule has 1 fully saturated rings. The fourth-order valence-corrected chi connectivity index (χ4v) is 6.75. The number of aryl methyl sites for hydroxylation is 1. The Morgan fingerprint density at radius 1 is 1.25 bits per heavy atom. The summed E-state index contributed by atoms with van der Waals surface area (Å²) < 4.78 is 33.4. The number of aromatic nitrogens is 2. The van der Waals surface area contributed by atoms with E-state index in [9.17, 15) is 13.2 Å². The molecule has 2 aromatic heterocycles. The molecule has 0 saturated carbocycles. The Bertz CT molecular complexity index is 1250. The third-order valence-electron chi connectivity index (χ3n) is 6.09. The summed E-state index contributed by atoms with van der Waals surface area (Å²) in [6.07, 6.45) is 2.42. The van der Waals surface area contributed by atoms with Crippen LogP contribution in [0.3, 0.4) is 0 Å². The van der Waals surface area contributed by atoms with E-state index in [2.05, 4.69) is 10.1 Å². The molecule has 1 aromatic carbocycles. The van der Waals surface area contributed by atoms with Gasteiger partial charge in [0, 0.05) is 36.6 Å². The molecule has 10 heteroatoms. The van der Waals surface area contributed by atoms with E-state index in [4.69, 9.17) is 4.52 Å². The lowest BCUT2D eigenvalue weighted by atomic mass is 9.97. The number of rotatable bonds is 4. The molecule has 168 valence electrons. The van der Waals surface area contributed by atoms with Crippen molar-refractivity contribution in [2.75, 3.05) is 19.6 Å². The summed E-state index contributed by atoms with van der Waals surface area (Å²) in [7, 11) is -3.69. The zero-order chi connectivity index (χ0) is 22.3. The second-order valence-electron chi connectivity index (χ2n) is 8.26. The van der Waals surface area contributed by atoms with Crippen LogP contribution in [0.4, 0.5) is 0 Å². The Kier molecular flexibility index (Phi) is 5.60. The van der Waals surface area contributed by atoms with Crippen LogP contribution in [0.15, 0.2) is 45.1 Å². The molecule has 2 aliphatic heterocycles. The van der Waals surface area contributed by atoms with Crippen LogP contribution in [0.5, 0.6) is 0 Å². The predicted molar refractivity (Wildman–Crippen MR) is 119 cm³/mol. The predicted octanol–water partition coefficient (Wildman–Crippen LogP) is 3.21. The molecule has 3 aromatic rings. The summed E-state index contributed by atoms with van der Waals surface area (Å²) in [6.45, 7) is 3.69. The van der Waals surface area contributed by atoms with Crippen molar-refractivity contribution in [1.29, 1.82) is 0 Å². The molecule has 1 atom stereocenters. The van der Waals surface area contributed by atoms with E-state index < -0.39 is 10.0 Å². The maximum atomic E-state index is 13.3. The van der Waals surface area contributed by atoms with Crippen LogP contribution >= 0.6 is 11.3 Å². The summed E-state index contributed by atoms with van der Waals surface area (Å²) in [5.41, 5.74) is 1.44. The standard InChI is InChI=1S/C22H24N4O4S2/c1-15-23-21(30-24-15)18-5-3-9-25(13-18)22(27)16-4-2-6-19(12-16)32(28,29)26-10-7-20-17(14-26)8-11-31-20/h2,4,6,8,11-12,18H,3,5,7,9-10,13-14H2,1H3. The van der Waals surface area contributed by atoms with Gasteiger partial charge >= 0.3 is 0 Å². The second kappa shape index (κ2) is 8.42. The molecule has 0 N–H and O–H groups in total. The van der Waals surface area contributed by atoms with Gasteiger partial charge in [-0.3, -0.25) is 4.79 Å². The van der Waals surface area contributed by atoms with Gasteiger partial charge in [-0.1, -0.05) is 11.2 Å². The first-order valence-corrected chi connectivity index (χ1v) is 13.0. The van der Waals surface area contributed by atoms with E-state index in [0.717, 1.165) is 24.8 Å². The van der Waals surface area contributed by atoms with Gasteiger partial charge in [0.05, 0.1) is 10.8 Å². The van der Waals surface area contributed by atoms with Crippen molar-refractivity contribution in [2.45, 2.75) is 43.5 Å². The topological polar surface area (TPSA) is 96.6 Å². The van der Waals surface area contributed by atoms with Crippen molar-refractivity contribution < 1.29 is 17.7 Å². The molecule has 32 heavy (non-hydrogen) atoms. The lowest BCUT2D eigenvalue weighted by Gasteiger charge is -2.31. The third-order valence-corrected chi connectivity index (χ3v) is 8.96. The molecule has 1 saturated heterocycles. The molecule has 5 rings (SSSR count). The number of sulfonamides is 1. The first-order valence-electron chi connectivity index (χ1n) is 10.7. The van der Waals surface area contributed by atoms with Crippen molar-refractivity contribution in [1.82, 2.24) is 19.3 Å². The minimum atomic E-state index is -3.69. The highest BCUT2D eigenvalue weighted by molar-refractivity contribution is 7.89. The minimum absolute atomic E-state index is 0.00558. The van der Waals surface area contributed by atoms with Gasteiger partial charge in [0.2, 0.25) is 15.9 Å². The summed E-state index contributed by atoms with van der Waals surface area (Å²) >= 11 is 1.67. The maximum Gasteiger partial charge on any atom is 0.253 e. The highest BCUT2D eigenvalue weighted by atomic mass is 32.2.